The molecule has 0 aliphatic carbocycles. The summed E-state index contributed by atoms with van der Waals surface area (Å²) in [5, 5.41) is 10.0. The highest BCUT2D eigenvalue weighted by Gasteiger charge is 1.89. The van der Waals surface area contributed by atoms with Crippen LogP contribution in [-0.4, -0.2) is 33.0 Å². The third-order valence-corrected chi connectivity index (χ3v) is 1.46. The summed E-state index contributed by atoms with van der Waals surface area (Å²) in [6, 6.07) is 0. The first-order valence-electron chi connectivity index (χ1n) is 4.65. The standard InChI is InChI=1S/C9H19O3/c1-2-11-8-5-9-12-7-4-3-6-10/h2-9H2,1H3. The first kappa shape index (κ1) is 11.9. The van der Waals surface area contributed by atoms with Gasteiger partial charge in [-0.2, -0.15) is 0 Å². The van der Waals surface area contributed by atoms with Crippen LogP contribution in [0.15, 0.2) is 0 Å². The molecule has 0 heterocycles. The first-order valence-corrected chi connectivity index (χ1v) is 4.65. The van der Waals surface area contributed by atoms with Crippen molar-refractivity contribution in [1.29, 1.82) is 0 Å². The van der Waals surface area contributed by atoms with E-state index in [9.17, 15) is 5.11 Å². The number of rotatable bonds is 9. The molecule has 12 heavy (non-hydrogen) atoms. The third kappa shape index (κ3) is 9.88. The zero-order chi connectivity index (χ0) is 9.07. The van der Waals surface area contributed by atoms with Crippen molar-refractivity contribution in [2.75, 3.05) is 33.0 Å². The molecule has 0 spiro atoms. The molecule has 0 N–H and O–H groups in total. The molecule has 3 nitrogen and oxygen atoms in total. The lowest BCUT2D eigenvalue weighted by atomic mass is 10.3. The largest absolute Gasteiger partial charge is 0.382 e. The second-order valence-electron chi connectivity index (χ2n) is 2.57. The molecule has 0 aromatic carbocycles. The molecule has 0 aromatic rings. The lowest BCUT2D eigenvalue weighted by molar-refractivity contribution is 0.0819. The van der Waals surface area contributed by atoms with E-state index in [1.54, 1.807) is 0 Å². The summed E-state index contributed by atoms with van der Waals surface area (Å²) in [7, 11) is 0. The van der Waals surface area contributed by atoms with Crippen LogP contribution in [-0.2, 0) is 14.6 Å². The topological polar surface area (TPSA) is 38.4 Å². The van der Waals surface area contributed by atoms with Gasteiger partial charge in [-0.3, -0.25) is 0 Å². The summed E-state index contributed by atoms with van der Waals surface area (Å²) in [6.45, 7) is 5.01. The Balaban J connectivity index is 2.73. The van der Waals surface area contributed by atoms with E-state index >= 15 is 0 Å². The van der Waals surface area contributed by atoms with Crippen molar-refractivity contribution in [1.82, 2.24) is 0 Å². The Morgan fingerprint density at radius 1 is 0.917 bits per heavy atom. The van der Waals surface area contributed by atoms with Crippen molar-refractivity contribution < 1.29 is 14.6 Å². The summed E-state index contributed by atoms with van der Waals surface area (Å²) < 4.78 is 10.4. The molecule has 0 aliphatic heterocycles. The van der Waals surface area contributed by atoms with Crippen molar-refractivity contribution in [2.45, 2.75) is 26.2 Å². The van der Waals surface area contributed by atoms with E-state index in [4.69, 9.17) is 9.47 Å². The average molecular weight is 175 g/mol. The molecule has 0 aliphatic rings. The van der Waals surface area contributed by atoms with Crippen molar-refractivity contribution in [3.8, 4) is 0 Å². The van der Waals surface area contributed by atoms with E-state index in [0.717, 1.165) is 39.1 Å². The quantitative estimate of drug-likeness (QED) is 0.500. The van der Waals surface area contributed by atoms with Crippen LogP contribution < -0.4 is 0 Å². The Hall–Kier alpha value is -0.120. The summed E-state index contributed by atoms with van der Waals surface area (Å²) in [5.74, 6) is 0. The van der Waals surface area contributed by atoms with Crippen LogP contribution in [0.1, 0.15) is 26.2 Å². The van der Waals surface area contributed by atoms with Crippen LogP contribution in [0.2, 0.25) is 0 Å². The van der Waals surface area contributed by atoms with E-state index in [-0.39, 0.29) is 6.61 Å². The van der Waals surface area contributed by atoms with E-state index in [1.165, 1.54) is 0 Å². The zero-order valence-corrected chi connectivity index (χ0v) is 7.88. The van der Waals surface area contributed by atoms with E-state index in [0.29, 0.717) is 6.61 Å². The highest BCUT2D eigenvalue weighted by atomic mass is 16.5. The van der Waals surface area contributed by atoms with Gasteiger partial charge in [-0.25, -0.2) is 5.11 Å². The van der Waals surface area contributed by atoms with E-state index in [2.05, 4.69) is 0 Å². The molecule has 1 radical (unpaired) electrons. The maximum absolute atomic E-state index is 10.0. The molecule has 3 heteroatoms. The van der Waals surface area contributed by atoms with Crippen LogP contribution in [0, 0.1) is 0 Å². The summed E-state index contributed by atoms with van der Waals surface area (Å²) in [5.41, 5.74) is 0. The Kier molecular flexibility index (Phi) is 10.8. The molecule has 0 saturated heterocycles. The normalized spacial score (nSPS) is 10.5. The molecule has 0 rings (SSSR count). The maximum Gasteiger partial charge on any atom is 0.0823 e. The van der Waals surface area contributed by atoms with Crippen LogP contribution in [0.5, 0.6) is 0 Å². The average Bonchev–Trinajstić information content (AvgIpc) is 2.10. The van der Waals surface area contributed by atoms with Crippen LogP contribution in [0.4, 0.5) is 0 Å². The number of unbranched alkanes of at least 4 members (excludes halogenated alkanes) is 1. The van der Waals surface area contributed by atoms with Gasteiger partial charge in [0, 0.05) is 26.4 Å². The maximum atomic E-state index is 10.0. The summed E-state index contributed by atoms with van der Waals surface area (Å²) in [6.07, 6.45) is 2.56. The molecular weight excluding hydrogens is 156 g/mol. The predicted molar refractivity (Wildman–Crippen MR) is 46.7 cm³/mol. The van der Waals surface area contributed by atoms with Gasteiger partial charge in [-0.15, -0.1) is 0 Å². The molecule has 0 amide bonds. The Morgan fingerprint density at radius 2 is 1.58 bits per heavy atom. The smallest absolute Gasteiger partial charge is 0.0823 e. The fourth-order valence-corrected chi connectivity index (χ4v) is 0.816. The van der Waals surface area contributed by atoms with Crippen molar-refractivity contribution in [3.05, 3.63) is 0 Å². The minimum Gasteiger partial charge on any atom is -0.382 e. The number of hydrogen-bond acceptors (Lipinski definition) is 2. The van der Waals surface area contributed by atoms with Gasteiger partial charge >= 0.3 is 0 Å². The highest BCUT2D eigenvalue weighted by Crippen LogP contribution is 1.90. The van der Waals surface area contributed by atoms with Gasteiger partial charge in [0.25, 0.3) is 0 Å². The Morgan fingerprint density at radius 3 is 2.25 bits per heavy atom. The molecule has 0 unspecified atom stereocenters. The predicted octanol–water partition coefficient (Wildman–Crippen LogP) is 1.64. The van der Waals surface area contributed by atoms with Crippen LogP contribution in [0.25, 0.3) is 0 Å². The van der Waals surface area contributed by atoms with Crippen molar-refractivity contribution in [3.63, 3.8) is 0 Å². The Bertz CT molecular complexity index is 66.2. The second-order valence-corrected chi connectivity index (χ2v) is 2.57. The molecule has 73 valence electrons. The first-order chi connectivity index (χ1) is 5.91. The molecule has 0 fully saturated rings. The second kappa shape index (κ2) is 10.9. The molecule has 0 saturated carbocycles. The molecule has 0 aromatic heterocycles. The van der Waals surface area contributed by atoms with Gasteiger partial charge in [0.05, 0.1) is 6.61 Å². The van der Waals surface area contributed by atoms with E-state index < -0.39 is 0 Å². The van der Waals surface area contributed by atoms with Crippen molar-refractivity contribution in [2.24, 2.45) is 0 Å². The van der Waals surface area contributed by atoms with Gasteiger partial charge < -0.3 is 9.47 Å². The number of hydrogen-bond donors (Lipinski definition) is 0. The van der Waals surface area contributed by atoms with Gasteiger partial charge in [0.15, 0.2) is 0 Å². The number of ether oxygens (including phenoxy) is 2. The van der Waals surface area contributed by atoms with E-state index in [1.807, 2.05) is 6.92 Å². The van der Waals surface area contributed by atoms with Gasteiger partial charge in [-0.05, 0) is 26.2 Å². The van der Waals surface area contributed by atoms with Crippen LogP contribution >= 0.6 is 0 Å². The minimum absolute atomic E-state index is 0.0162. The zero-order valence-electron chi connectivity index (χ0n) is 7.88. The van der Waals surface area contributed by atoms with Crippen LogP contribution in [0.3, 0.4) is 0 Å². The van der Waals surface area contributed by atoms with Crippen molar-refractivity contribution >= 4 is 0 Å². The monoisotopic (exact) mass is 175 g/mol. The molecule has 0 atom stereocenters. The third-order valence-electron chi connectivity index (χ3n) is 1.46. The molecular formula is C9H19O3. The van der Waals surface area contributed by atoms with Gasteiger partial charge in [0.1, 0.15) is 0 Å². The summed E-state index contributed by atoms with van der Waals surface area (Å²) in [4.78, 5) is 0. The highest BCUT2D eigenvalue weighted by molar-refractivity contribution is 4.37. The Labute approximate surface area is 74.7 Å². The lowest BCUT2D eigenvalue weighted by Gasteiger charge is -2.02. The fraction of sp³-hybridized carbons (Fsp3) is 1.00. The summed E-state index contributed by atoms with van der Waals surface area (Å²) >= 11 is 0. The van der Waals surface area contributed by atoms with Gasteiger partial charge in [-0.1, -0.05) is 0 Å². The fourth-order valence-electron chi connectivity index (χ4n) is 0.816. The molecule has 0 bridgehead atoms. The lowest BCUT2D eigenvalue weighted by Crippen LogP contribution is -2.02. The SMILES string of the molecule is CCOCCCOCCCC[O]. The minimum atomic E-state index is 0.0162. The van der Waals surface area contributed by atoms with Gasteiger partial charge in [0.2, 0.25) is 0 Å².